The number of aromatic amines is 1. The molecule has 0 radical (unpaired) electrons. The lowest BCUT2D eigenvalue weighted by atomic mass is 10.2. The third-order valence-electron chi connectivity index (χ3n) is 1.82. The molecule has 0 saturated heterocycles. The van der Waals surface area contributed by atoms with Gasteiger partial charge in [-0.25, -0.2) is 5.10 Å². The summed E-state index contributed by atoms with van der Waals surface area (Å²) in [6.45, 7) is 0. The highest BCUT2D eigenvalue weighted by Gasteiger charge is 2.11. The van der Waals surface area contributed by atoms with Gasteiger partial charge in [-0.2, -0.15) is 5.10 Å². The van der Waals surface area contributed by atoms with Crippen LogP contribution in [0, 0.1) is 10.1 Å². The van der Waals surface area contributed by atoms with Crippen LogP contribution in [0.15, 0.2) is 29.1 Å². The third kappa shape index (κ3) is 1.22. The number of hydrogen-bond donors (Lipinski definition) is 1. The van der Waals surface area contributed by atoms with Crippen molar-refractivity contribution in [2.75, 3.05) is 0 Å². The van der Waals surface area contributed by atoms with Gasteiger partial charge in [-0.15, -0.1) is 0 Å². The number of nitrogens with zero attached hydrogens (tertiary/aromatic N) is 2. The number of hydrogen-bond acceptors (Lipinski definition) is 4. The fourth-order valence-corrected chi connectivity index (χ4v) is 1.22. The fourth-order valence-electron chi connectivity index (χ4n) is 1.22. The molecule has 70 valence electrons. The maximum absolute atomic E-state index is 10.9. The Balaban J connectivity index is 2.91. The molecule has 0 amide bonds. The Hall–Kier alpha value is -2.24. The van der Waals surface area contributed by atoms with Crippen LogP contribution in [0.2, 0.25) is 0 Å². The largest absolute Gasteiger partial charge is 0.279 e. The average molecular weight is 191 g/mol. The van der Waals surface area contributed by atoms with E-state index >= 15 is 0 Å². The molecule has 1 aromatic carbocycles. The summed E-state index contributed by atoms with van der Waals surface area (Å²) < 4.78 is 0. The van der Waals surface area contributed by atoms with Crippen molar-refractivity contribution in [3.05, 3.63) is 44.7 Å². The Morgan fingerprint density at radius 3 is 2.93 bits per heavy atom. The molecule has 0 aliphatic rings. The Labute approximate surface area is 77.3 Å². The number of non-ortho nitro benzene ring substituents is 1. The van der Waals surface area contributed by atoms with Gasteiger partial charge < -0.3 is 0 Å². The van der Waals surface area contributed by atoms with Crippen molar-refractivity contribution >= 4 is 16.6 Å². The first-order valence-corrected chi connectivity index (χ1v) is 3.81. The van der Waals surface area contributed by atoms with Gasteiger partial charge in [0.25, 0.3) is 11.2 Å². The highest BCUT2D eigenvalue weighted by molar-refractivity contribution is 5.86. The summed E-state index contributed by atoms with van der Waals surface area (Å²) in [5, 5.41) is 16.7. The zero-order chi connectivity index (χ0) is 10.1. The smallest absolute Gasteiger partial charge is 0.268 e. The van der Waals surface area contributed by atoms with E-state index in [0.29, 0.717) is 5.52 Å². The minimum Gasteiger partial charge on any atom is -0.268 e. The minimum atomic E-state index is -0.538. The van der Waals surface area contributed by atoms with Crippen molar-refractivity contribution in [1.29, 1.82) is 0 Å². The van der Waals surface area contributed by atoms with Gasteiger partial charge in [-0.3, -0.25) is 14.9 Å². The van der Waals surface area contributed by atoms with E-state index < -0.39 is 10.5 Å². The van der Waals surface area contributed by atoms with E-state index in [1.54, 1.807) is 6.07 Å². The van der Waals surface area contributed by atoms with Crippen molar-refractivity contribution in [3.8, 4) is 0 Å². The first-order chi connectivity index (χ1) is 6.68. The van der Waals surface area contributed by atoms with Crippen LogP contribution in [-0.4, -0.2) is 15.1 Å². The summed E-state index contributed by atoms with van der Waals surface area (Å²) in [5.41, 5.74) is -0.160. The highest BCUT2D eigenvalue weighted by atomic mass is 16.6. The summed E-state index contributed by atoms with van der Waals surface area (Å²) in [5.74, 6) is 0. The number of nitro groups is 1. The van der Waals surface area contributed by atoms with E-state index in [-0.39, 0.29) is 11.1 Å². The Bertz CT molecular complexity index is 561. The molecule has 14 heavy (non-hydrogen) atoms. The molecule has 0 aliphatic carbocycles. The first-order valence-electron chi connectivity index (χ1n) is 3.81. The summed E-state index contributed by atoms with van der Waals surface area (Å²) >= 11 is 0. The van der Waals surface area contributed by atoms with Gasteiger partial charge in [0.1, 0.15) is 0 Å². The van der Waals surface area contributed by atoms with Gasteiger partial charge >= 0.3 is 0 Å². The van der Waals surface area contributed by atoms with Crippen molar-refractivity contribution in [2.45, 2.75) is 0 Å². The molecule has 0 bridgehead atoms. The molecule has 1 heterocycles. The molecule has 6 nitrogen and oxygen atoms in total. The van der Waals surface area contributed by atoms with Crippen LogP contribution < -0.4 is 5.56 Å². The molecular formula is C8H5N3O3. The van der Waals surface area contributed by atoms with E-state index in [9.17, 15) is 14.9 Å². The molecule has 6 heteroatoms. The van der Waals surface area contributed by atoms with E-state index in [0.717, 1.165) is 0 Å². The number of benzene rings is 1. The number of aromatic nitrogens is 2. The van der Waals surface area contributed by atoms with Gasteiger partial charge in [-0.1, -0.05) is 6.07 Å². The molecule has 2 aromatic rings. The Morgan fingerprint density at radius 1 is 1.43 bits per heavy atom. The van der Waals surface area contributed by atoms with Crippen molar-refractivity contribution in [3.63, 3.8) is 0 Å². The molecule has 0 aliphatic heterocycles. The predicted octanol–water partition coefficient (Wildman–Crippen LogP) is 0.831. The summed E-state index contributed by atoms with van der Waals surface area (Å²) in [6, 6.07) is 5.62. The minimum absolute atomic E-state index is 0.110. The maximum atomic E-state index is 10.9. The Morgan fingerprint density at radius 2 is 2.21 bits per heavy atom. The van der Waals surface area contributed by atoms with Gasteiger partial charge in [0, 0.05) is 12.1 Å². The summed E-state index contributed by atoms with van der Waals surface area (Å²) in [4.78, 5) is 21.0. The fraction of sp³-hybridized carbons (Fsp3) is 0. The monoisotopic (exact) mass is 191 g/mol. The molecule has 1 aromatic heterocycles. The number of H-pyrrole nitrogens is 1. The van der Waals surface area contributed by atoms with Gasteiger partial charge in [-0.05, 0) is 6.07 Å². The average Bonchev–Trinajstić information content (AvgIpc) is 2.16. The molecule has 0 spiro atoms. The highest BCUT2D eigenvalue weighted by Crippen LogP contribution is 2.21. The van der Waals surface area contributed by atoms with Crippen LogP contribution in [-0.2, 0) is 0 Å². The maximum Gasteiger partial charge on any atom is 0.279 e. The zero-order valence-electron chi connectivity index (χ0n) is 6.93. The number of fused-ring (bicyclic) bond motifs is 1. The second kappa shape index (κ2) is 2.91. The van der Waals surface area contributed by atoms with Gasteiger partial charge in [0.05, 0.1) is 15.8 Å². The quantitative estimate of drug-likeness (QED) is 0.534. The summed E-state index contributed by atoms with van der Waals surface area (Å²) in [7, 11) is 0. The van der Waals surface area contributed by atoms with Gasteiger partial charge in [0.15, 0.2) is 0 Å². The van der Waals surface area contributed by atoms with E-state index in [1.165, 1.54) is 18.2 Å². The second-order valence-electron chi connectivity index (χ2n) is 2.70. The molecule has 1 N–H and O–H groups in total. The zero-order valence-corrected chi connectivity index (χ0v) is 6.93. The van der Waals surface area contributed by atoms with Crippen molar-refractivity contribution < 1.29 is 4.92 Å². The molecular weight excluding hydrogens is 186 g/mol. The molecule has 0 atom stereocenters. The normalized spacial score (nSPS) is 10.3. The molecule has 2 rings (SSSR count). The van der Waals surface area contributed by atoms with Crippen molar-refractivity contribution in [2.24, 2.45) is 0 Å². The van der Waals surface area contributed by atoms with E-state index in [1.807, 2.05) is 0 Å². The van der Waals surface area contributed by atoms with Crippen LogP contribution >= 0.6 is 0 Å². The number of nitro benzene ring substituents is 1. The SMILES string of the molecule is O=c1cc2c([N+](=O)[O-])cccc2n[nH]1. The lowest BCUT2D eigenvalue weighted by molar-refractivity contribution is -0.383. The second-order valence-corrected chi connectivity index (χ2v) is 2.70. The van der Waals surface area contributed by atoms with Crippen LogP contribution in [0.5, 0.6) is 0 Å². The lowest BCUT2D eigenvalue weighted by Gasteiger charge is -1.96. The van der Waals surface area contributed by atoms with Crippen LogP contribution in [0.1, 0.15) is 0 Å². The number of nitrogens with one attached hydrogen (secondary N) is 1. The lowest BCUT2D eigenvalue weighted by Crippen LogP contribution is -2.06. The molecule has 0 fully saturated rings. The van der Waals surface area contributed by atoms with Crippen LogP contribution in [0.25, 0.3) is 10.9 Å². The van der Waals surface area contributed by atoms with Crippen LogP contribution in [0.4, 0.5) is 5.69 Å². The molecule has 0 unspecified atom stereocenters. The van der Waals surface area contributed by atoms with Gasteiger partial charge in [0.2, 0.25) is 0 Å². The van der Waals surface area contributed by atoms with Crippen molar-refractivity contribution in [1.82, 2.24) is 10.2 Å². The van der Waals surface area contributed by atoms with E-state index in [4.69, 9.17) is 0 Å². The standard InChI is InChI=1S/C8H5N3O3/c12-8-4-5-6(9-10-8)2-1-3-7(5)11(13)14/h1-4H,(H,10,12). The molecule has 0 saturated carbocycles. The van der Waals surface area contributed by atoms with Crippen LogP contribution in [0.3, 0.4) is 0 Å². The topological polar surface area (TPSA) is 88.9 Å². The third-order valence-corrected chi connectivity index (χ3v) is 1.82. The van der Waals surface area contributed by atoms with E-state index in [2.05, 4.69) is 10.2 Å². The summed E-state index contributed by atoms with van der Waals surface area (Å²) in [6.07, 6.45) is 0. The number of rotatable bonds is 1. The first kappa shape index (κ1) is 8.36. The predicted molar refractivity (Wildman–Crippen MR) is 49.0 cm³/mol. The Kier molecular flexibility index (Phi) is 1.74.